The second-order valence-electron chi connectivity index (χ2n) is 7.56. The molecule has 0 spiro atoms. The average molecular weight is 479 g/mol. The Bertz CT molecular complexity index is 1120. The number of sulfonamides is 1. The highest BCUT2D eigenvalue weighted by Crippen LogP contribution is 2.33. The number of carbonyl (C=O) groups is 2. The number of methoxy groups -OCH3 is 2. The molecule has 2 aromatic carbocycles. The van der Waals surface area contributed by atoms with Crippen molar-refractivity contribution < 1.29 is 37.7 Å². The summed E-state index contributed by atoms with van der Waals surface area (Å²) in [5.74, 6) is -1.28. The molecular weight excluding hydrogens is 452 g/mol. The molecule has 0 aromatic heterocycles. The molecule has 3 rings (SSSR count). The van der Waals surface area contributed by atoms with Crippen molar-refractivity contribution in [3.63, 3.8) is 0 Å². The molecule has 3 N–H and O–H groups in total. The molecule has 0 bridgehead atoms. The van der Waals surface area contributed by atoms with E-state index in [0.717, 1.165) is 4.31 Å². The summed E-state index contributed by atoms with van der Waals surface area (Å²) in [4.78, 5) is 24.6. The summed E-state index contributed by atoms with van der Waals surface area (Å²) < 4.78 is 38.0. The van der Waals surface area contributed by atoms with Gasteiger partial charge in [-0.15, -0.1) is 0 Å². The Morgan fingerprint density at radius 2 is 1.79 bits per heavy atom. The smallest absolute Gasteiger partial charge is 0.326 e. The number of carboxylic acid groups (broad SMARTS) is 1. The predicted octanol–water partition coefficient (Wildman–Crippen LogP) is 1.37. The molecule has 1 aliphatic heterocycles. The highest BCUT2D eigenvalue weighted by Gasteiger charge is 2.40. The Labute approximate surface area is 191 Å². The summed E-state index contributed by atoms with van der Waals surface area (Å²) in [6.07, 6.45) is 0.709. The van der Waals surface area contributed by atoms with Crippen LogP contribution in [0.5, 0.6) is 17.2 Å². The number of ether oxygens (including phenoxy) is 2. The van der Waals surface area contributed by atoms with Crippen LogP contribution in [0.3, 0.4) is 0 Å². The second-order valence-corrected chi connectivity index (χ2v) is 9.45. The number of carboxylic acids is 1. The highest BCUT2D eigenvalue weighted by molar-refractivity contribution is 7.89. The lowest BCUT2D eigenvalue weighted by molar-refractivity contribution is -0.142. The molecule has 11 heteroatoms. The monoisotopic (exact) mass is 478 g/mol. The zero-order chi connectivity index (χ0) is 24.2. The van der Waals surface area contributed by atoms with E-state index >= 15 is 0 Å². The fourth-order valence-electron chi connectivity index (χ4n) is 3.74. The number of amides is 1. The van der Waals surface area contributed by atoms with Gasteiger partial charge in [-0.1, -0.05) is 12.1 Å². The zero-order valence-electron chi connectivity index (χ0n) is 18.2. The van der Waals surface area contributed by atoms with Crippen LogP contribution in [0.4, 0.5) is 0 Å². The normalized spacial score (nSPS) is 17.3. The van der Waals surface area contributed by atoms with Crippen molar-refractivity contribution in [1.29, 1.82) is 0 Å². The first-order chi connectivity index (χ1) is 15.7. The molecule has 2 aromatic rings. The van der Waals surface area contributed by atoms with Crippen molar-refractivity contribution >= 4 is 21.9 Å². The van der Waals surface area contributed by atoms with Crippen LogP contribution in [-0.4, -0.2) is 67.7 Å². The number of carbonyl (C=O) groups excluding carboxylic acids is 1. The minimum absolute atomic E-state index is 0.0174. The minimum Gasteiger partial charge on any atom is -0.508 e. The zero-order valence-corrected chi connectivity index (χ0v) is 19.0. The van der Waals surface area contributed by atoms with E-state index in [1.54, 1.807) is 12.1 Å². The average Bonchev–Trinajstić information content (AvgIpc) is 3.30. The molecule has 1 amide bonds. The number of nitrogens with one attached hydrogen (secondary N) is 1. The van der Waals surface area contributed by atoms with Crippen LogP contribution in [0.15, 0.2) is 47.4 Å². The Morgan fingerprint density at radius 1 is 1.12 bits per heavy atom. The lowest BCUT2D eigenvalue weighted by Gasteiger charge is -2.25. The van der Waals surface area contributed by atoms with Gasteiger partial charge in [-0.05, 0) is 42.7 Å². The van der Waals surface area contributed by atoms with E-state index in [9.17, 15) is 28.2 Å². The molecule has 33 heavy (non-hydrogen) atoms. The van der Waals surface area contributed by atoms with Gasteiger partial charge in [-0.3, -0.25) is 4.79 Å². The van der Waals surface area contributed by atoms with Crippen LogP contribution >= 0.6 is 0 Å². The van der Waals surface area contributed by atoms with Crippen LogP contribution in [0, 0.1) is 0 Å². The summed E-state index contributed by atoms with van der Waals surface area (Å²) in [5, 5.41) is 21.4. The Morgan fingerprint density at radius 3 is 2.39 bits per heavy atom. The number of aromatic hydroxyl groups is 1. The van der Waals surface area contributed by atoms with Crippen molar-refractivity contribution in [2.24, 2.45) is 0 Å². The maximum atomic E-state index is 13.3. The van der Waals surface area contributed by atoms with Crippen molar-refractivity contribution in [1.82, 2.24) is 9.62 Å². The molecule has 1 fully saturated rings. The first-order valence-corrected chi connectivity index (χ1v) is 11.7. The van der Waals surface area contributed by atoms with Crippen LogP contribution < -0.4 is 14.8 Å². The van der Waals surface area contributed by atoms with Crippen LogP contribution in [0.2, 0.25) is 0 Å². The van der Waals surface area contributed by atoms with Gasteiger partial charge in [0, 0.05) is 19.0 Å². The Balaban J connectivity index is 1.79. The van der Waals surface area contributed by atoms with Crippen molar-refractivity contribution in [3.05, 3.63) is 48.0 Å². The van der Waals surface area contributed by atoms with Gasteiger partial charge in [-0.25, -0.2) is 13.2 Å². The van der Waals surface area contributed by atoms with Gasteiger partial charge in [-0.2, -0.15) is 4.31 Å². The molecule has 2 unspecified atom stereocenters. The third kappa shape index (κ3) is 5.37. The molecule has 2 atom stereocenters. The van der Waals surface area contributed by atoms with Gasteiger partial charge in [0.2, 0.25) is 15.9 Å². The standard InChI is InChI=1S/C22H26N2O8S/c1-31-19-10-9-16(13-20(19)32-2)33(29,30)24-11-3-4-18(24)21(26)23-17(22(27)28)12-14-5-7-15(25)8-6-14/h5-10,13,17-18,25H,3-4,11-12H2,1-2H3,(H,23,26)(H,27,28). The highest BCUT2D eigenvalue weighted by atomic mass is 32.2. The van der Waals surface area contributed by atoms with Gasteiger partial charge >= 0.3 is 5.97 Å². The summed E-state index contributed by atoms with van der Waals surface area (Å²) in [5.41, 5.74) is 0.599. The quantitative estimate of drug-likeness (QED) is 0.491. The predicted molar refractivity (Wildman–Crippen MR) is 118 cm³/mol. The third-order valence-electron chi connectivity index (χ3n) is 5.46. The van der Waals surface area contributed by atoms with Crippen LogP contribution in [0.25, 0.3) is 0 Å². The van der Waals surface area contributed by atoms with E-state index in [1.807, 2.05) is 0 Å². The number of benzene rings is 2. The molecule has 10 nitrogen and oxygen atoms in total. The maximum absolute atomic E-state index is 13.3. The summed E-state index contributed by atoms with van der Waals surface area (Å²) in [6.45, 7) is 0.129. The summed E-state index contributed by atoms with van der Waals surface area (Å²) in [7, 11) is -1.22. The molecule has 1 saturated heterocycles. The molecular formula is C22H26N2O8S. The minimum atomic E-state index is -4.05. The van der Waals surface area contributed by atoms with E-state index in [-0.39, 0.29) is 35.8 Å². The van der Waals surface area contributed by atoms with Crippen molar-refractivity contribution in [2.45, 2.75) is 36.2 Å². The number of aliphatic carboxylic acids is 1. The first kappa shape index (κ1) is 24.3. The van der Waals surface area contributed by atoms with E-state index < -0.39 is 34.0 Å². The topological polar surface area (TPSA) is 142 Å². The Kier molecular flexibility index (Phi) is 7.44. The largest absolute Gasteiger partial charge is 0.508 e. The van der Waals surface area contributed by atoms with Crippen LogP contribution in [0.1, 0.15) is 18.4 Å². The second kappa shape index (κ2) is 10.1. The number of nitrogens with zero attached hydrogens (tertiary/aromatic N) is 1. The number of phenolic OH excluding ortho intramolecular Hbond substituents is 1. The molecule has 1 aliphatic rings. The van der Waals surface area contributed by atoms with E-state index in [1.165, 1.54) is 44.6 Å². The lowest BCUT2D eigenvalue weighted by Crippen LogP contribution is -2.51. The fourth-order valence-corrected chi connectivity index (χ4v) is 5.41. The molecule has 0 radical (unpaired) electrons. The van der Waals surface area contributed by atoms with Gasteiger partial charge in [0.15, 0.2) is 11.5 Å². The lowest BCUT2D eigenvalue weighted by atomic mass is 10.1. The number of phenols is 1. The van der Waals surface area contributed by atoms with Gasteiger partial charge in [0.25, 0.3) is 0 Å². The molecule has 1 heterocycles. The molecule has 178 valence electrons. The SMILES string of the molecule is COc1ccc(S(=O)(=O)N2CCCC2C(=O)NC(Cc2ccc(O)cc2)C(=O)O)cc1OC. The number of rotatable bonds is 9. The van der Waals surface area contributed by atoms with Crippen molar-refractivity contribution in [3.8, 4) is 17.2 Å². The number of hydrogen-bond acceptors (Lipinski definition) is 7. The van der Waals surface area contributed by atoms with E-state index in [0.29, 0.717) is 17.7 Å². The van der Waals surface area contributed by atoms with Crippen LogP contribution in [-0.2, 0) is 26.0 Å². The van der Waals surface area contributed by atoms with Gasteiger partial charge in [0.1, 0.15) is 17.8 Å². The maximum Gasteiger partial charge on any atom is 0.326 e. The van der Waals surface area contributed by atoms with E-state index in [4.69, 9.17) is 9.47 Å². The first-order valence-electron chi connectivity index (χ1n) is 10.2. The molecule has 0 saturated carbocycles. The summed E-state index contributed by atoms with van der Waals surface area (Å²) in [6, 6.07) is 7.82. The Hall–Kier alpha value is -3.31. The fraction of sp³-hybridized carbons (Fsp3) is 0.364. The molecule has 0 aliphatic carbocycles. The van der Waals surface area contributed by atoms with Gasteiger partial charge < -0.3 is 25.0 Å². The van der Waals surface area contributed by atoms with Gasteiger partial charge in [0.05, 0.1) is 19.1 Å². The van der Waals surface area contributed by atoms with E-state index in [2.05, 4.69) is 5.32 Å². The summed E-state index contributed by atoms with van der Waals surface area (Å²) >= 11 is 0. The number of hydrogen-bond donors (Lipinski definition) is 3. The third-order valence-corrected chi connectivity index (χ3v) is 7.36. The van der Waals surface area contributed by atoms with Crippen molar-refractivity contribution in [2.75, 3.05) is 20.8 Å².